The number of ether oxygens (including phenoxy) is 1. The molecule has 1 aliphatic rings. The van der Waals surface area contributed by atoms with Crippen molar-refractivity contribution in [1.82, 2.24) is 19.5 Å². The lowest BCUT2D eigenvalue weighted by atomic mass is 10.0. The van der Waals surface area contributed by atoms with Crippen molar-refractivity contribution in [2.24, 2.45) is 0 Å². The molecule has 3 atom stereocenters. The third-order valence-electron chi connectivity index (χ3n) is 7.03. The van der Waals surface area contributed by atoms with Crippen LogP contribution in [0.25, 0.3) is 16.6 Å². The van der Waals surface area contributed by atoms with E-state index < -0.39 is 18.3 Å². The number of anilines is 1. The van der Waals surface area contributed by atoms with Gasteiger partial charge < -0.3 is 24.7 Å². The molecule has 10 nitrogen and oxygen atoms in total. The van der Waals surface area contributed by atoms with Crippen LogP contribution in [0.15, 0.2) is 67.1 Å². The summed E-state index contributed by atoms with van der Waals surface area (Å²) < 4.78 is 7.51. The van der Waals surface area contributed by atoms with Gasteiger partial charge in [0.1, 0.15) is 23.7 Å². The molecule has 3 aromatic heterocycles. The zero-order valence-electron chi connectivity index (χ0n) is 21.8. The molecule has 5 rings (SSSR count). The Labute approximate surface area is 226 Å². The van der Waals surface area contributed by atoms with E-state index in [4.69, 9.17) is 4.74 Å². The van der Waals surface area contributed by atoms with Crippen LogP contribution in [-0.4, -0.2) is 74.0 Å². The second-order valence-corrected chi connectivity index (χ2v) is 9.65. The first kappa shape index (κ1) is 26.2. The maximum atomic E-state index is 12.8. The van der Waals surface area contributed by atoms with E-state index >= 15 is 0 Å². The third-order valence-corrected chi connectivity index (χ3v) is 7.03. The molecule has 200 valence electrons. The highest BCUT2D eigenvalue weighted by molar-refractivity contribution is 5.85. The number of piperazine rings is 1. The highest BCUT2D eigenvalue weighted by atomic mass is 16.5. The summed E-state index contributed by atoms with van der Waals surface area (Å²) in [5, 5.41) is 34.3. The molecule has 0 aliphatic carbocycles. The molecule has 3 unspecified atom stereocenters. The minimum absolute atomic E-state index is 0.297. The number of hydrogen-bond donors (Lipinski definition) is 2. The summed E-state index contributed by atoms with van der Waals surface area (Å²) in [7, 11) is 0. The molecule has 2 N–H and O–H groups in total. The molecule has 1 amide bonds. The topological polar surface area (TPSA) is 127 Å². The van der Waals surface area contributed by atoms with Gasteiger partial charge in [0.15, 0.2) is 6.10 Å². The number of amides is 1. The summed E-state index contributed by atoms with van der Waals surface area (Å²) in [5.41, 5.74) is 3.19. The van der Waals surface area contributed by atoms with Crippen molar-refractivity contribution in [3.05, 3.63) is 78.2 Å². The van der Waals surface area contributed by atoms with Crippen LogP contribution >= 0.6 is 0 Å². The number of aliphatic hydroxyl groups is 2. The van der Waals surface area contributed by atoms with E-state index in [9.17, 15) is 20.3 Å². The van der Waals surface area contributed by atoms with Gasteiger partial charge in [0.2, 0.25) is 0 Å². The fraction of sp³-hybridized carbons (Fsp3) is 0.310. The van der Waals surface area contributed by atoms with Crippen LogP contribution in [0.5, 0.6) is 5.75 Å². The van der Waals surface area contributed by atoms with Crippen molar-refractivity contribution < 1.29 is 19.7 Å². The second kappa shape index (κ2) is 11.1. The second-order valence-electron chi connectivity index (χ2n) is 9.65. The van der Waals surface area contributed by atoms with E-state index in [0.717, 1.165) is 16.9 Å². The Kier molecular flexibility index (Phi) is 7.45. The molecule has 0 spiro atoms. The molecular weight excluding hydrogens is 496 g/mol. The lowest BCUT2D eigenvalue weighted by Crippen LogP contribution is -2.50. The molecule has 1 fully saturated rings. The van der Waals surface area contributed by atoms with Crippen LogP contribution in [0.1, 0.15) is 31.1 Å². The van der Waals surface area contributed by atoms with Gasteiger partial charge in [0.05, 0.1) is 29.6 Å². The molecule has 1 aliphatic heterocycles. The minimum Gasteiger partial charge on any atom is -0.486 e. The van der Waals surface area contributed by atoms with Crippen molar-refractivity contribution >= 4 is 17.2 Å². The first-order valence-corrected chi connectivity index (χ1v) is 12.8. The molecule has 4 heterocycles. The number of benzene rings is 1. The summed E-state index contributed by atoms with van der Waals surface area (Å²) in [5.74, 6) is 0.991. The molecule has 1 aromatic carbocycles. The predicted octanol–water partition coefficient (Wildman–Crippen LogP) is 2.80. The van der Waals surface area contributed by atoms with Crippen LogP contribution in [0.4, 0.5) is 5.82 Å². The molecule has 1 saturated heterocycles. The summed E-state index contributed by atoms with van der Waals surface area (Å²) in [6, 6.07) is 16.8. The van der Waals surface area contributed by atoms with Gasteiger partial charge in [0, 0.05) is 43.5 Å². The average Bonchev–Trinajstić information content (AvgIpc) is 3.39. The van der Waals surface area contributed by atoms with Gasteiger partial charge in [0.25, 0.3) is 5.91 Å². The van der Waals surface area contributed by atoms with Gasteiger partial charge >= 0.3 is 0 Å². The zero-order chi connectivity index (χ0) is 27.5. The largest absolute Gasteiger partial charge is 0.486 e. The van der Waals surface area contributed by atoms with E-state index in [0.29, 0.717) is 48.6 Å². The zero-order valence-corrected chi connectivity index (χ0v) is 21.8. The van der Waals surface area contributed by atoms with Crippen molar-refractivity contribution in [3.63, 3.8) is 0 Å². The molecule has 39 heavy (non-hydrogen) atoms. The standard InChI is InChI=1S/C29H30N6O4/c1-19(36)20(2)39-24-14-25(27-23(15-30)17-32-35(27)18-24)22-8-9-26(31-16-22)33-10-12-34(13-11-33)29(38)28(37)21-6-4-3-5-7-21/h3-9,14,16-20,28,36-37H,10-13H2,1-2H3. The third kappa shape index (κ3) is 5.41. The normalized spacial score (nSPS) is 16.0. The summed E-state index contributed by atoms with van der Waals surface area (Å²) in [6.07, 6.45) is 2.69. The van der Waals surface area contributed by atoms with Crippen LogP contribution < -0.4 is 9.64 Å². The smallest absolute Gasteiger partial charge is 0.256 e. The number of aliphatic hydroxyl groups excluding tert-OH is 2. The van der Waals surface area contributed by atoms with Gasteiger partial charge in [-0.05, 0) is 37.6 Å². The molecule has 0 bridgehead atoms. The van der Waals surface area contributed by atoms with Crippen molar-refractivity contribution in [3.8, 4) is 22.9 Å². The number of rotatable bonds is 7. The first-order chi connectivity index (χ1) is 18.9. The Balaban J connectivity index is 1.32. The number of carbonyl (C=O) groups excluding carboxylic acids is 1. The fourth-order valence-corrected chi connectivity index (χ4v) is 4.62. The highest BCUT2D eigenvalue weighted by Crippen LogP contribution is 2.32. The summed E-state index contributed by atoms with van der Waals surface area (Å²) in [4.78, 5) is 21.3. The van der Waals surface area contributed by atoms with Crippen LogP contribution in [0.3, 0.4) is 0 Å². The van der Waals surface area contributed by atoms with Gasteiger partial charge in [-0.25, -0.2) is 9.50 Å². The van der Waals surface area contributed by atoms with Crippen molar-refractivity contribution in [2.75, 3.05) is 31.1 Å². The van der Waals surface area contributed by atoms with Gasteiger partial charge in [-0.3, -0.25) is 4.79 Å². The Hall–Kier alpha value is -4.46. The molecule has 0 saturated carbocycles. The highest BCUT2D eigenvalue weighted by Gasteiger charge is 2.27. The Bertz CT molecular complexity index is 1490. The summed E-state index contributed by atoms with van der Waals surface area (Å²) in [6.45, 7) is 5.58. The number of hydrogen-bond acceptors (Lipinski definition) is 8. The predicted molar refractivity (Wildman–Crippen MR) is 145 cm³/mol. The van der Waals surface area contributed by atoms with E-state index in [2.05, 4.69) is 21.1 Å². The maximum Gasteiger partial charge on any atom is 0.256 e. The minimum atomic E-state index is -1.17. The fourth-order valence-electron chi connectivity index (χ4n) is 4.62. The average molecular weight is 527 g/mol. The number of nitriles is 1. The Morgan fingerprint density at radius 2 is 1.79 bits per heavy atom. The lowest BCUT2D eigenvalue weighted by Gasteiger charge is -2.36. The van der Waals surface area contributed by atoms with E-state index in [1.165, 1.54) is 6.20 Å². The number of carbonyl (C=O) groups is 1. The number of pyridine rings is 2. The van der Waals surface area contributed by atoms with E-state index in [1.807, 2.05) is 24.3 Å². The van der Waals surface area contributed by atoms with Crippen LogP contribution in [0.2, 0.25) is 0 Å². The van der Waals surface area contributed by atoms with E-state index in [1.54, 1.807) is 59.9 Å². The monoisotopic (exact) mass is 526 g/mol. The maximum absolute atomic E-state index is 12.8. The summed E-state index contributed by atoms with van der Waals surface area (Å²) >= 11 is 0. The quantitative estimate of drug-likeness (QED) is 0.376. The SMILES string of the molecule is CC(O)C(C)Oc1cc(-c2ccc(N3CCN(C(=O)C(O)c4ccccc4)CC3)nc2)c2c(C#N)cnn2c1. The first-order valence-electron chi connectivity index (χ1n) is 12.8. The Morgan fingerprint density at radius 1 is 1.05 bits per heavy atom. The molecular formula is C29H30N6O4. The number of nitrogens with zero attached hydrogens (tertiary/aromatic N) is 6. The lowest BCUT2D eigenvalue weighted by molar-refractivity contribution is -0.140. The Morgan fingerprint density at radius 3 is 2.44 bits per heavy atom. The van der Waals surface area contributed by atoms with Crippen LogP contribution in [-0.2, 0) is 4.79 Å². The van der Waals surface area contributed by atoms with Crippen molar-refractivity contribution in [2.45, 2.75) is 32.2 Å². The molecule has 4 aromatic rings. The van der Waals surface area contributed by atoms with Crippen molar-refractivity contribution in [1.29, 1.82) is 5.26 Å². The van der Waals surface area contributed by atoms with Gasteiger partial charge in [-0.2, -0.15) is 10.4 Å². The number of fused-ring (bicyclic) bond motifs is 1. The molecule has 0 radical (unpaired) electrons. The number of aromatic nitrogens is 3. The van der Waals surface area contributed by atoms with E-state index in [-0.39, 0.29) is 5.91 Å². The van der Waals surface area contributed by atoms with Gasteiger partial charge in [-0.15, -0.1) is 0 Å². The van der Waals surface area contributed by atoms with Gasteiger partial charge in [-0.1, -0.05) is 30.3 Å². The molecule has 10 heteroatoms. The van der Waals surface area contributed by atoms with Crippen LogP contribution in [0, 0.1) is 11.3 Å².